The second-order valence-corrected chi connectivity index (χ2v) is 8.77. The Morgan fingerprint density at radius 1 is 1.17 bits per heavy atom. The van der Waals surface area contributed by atoms with Crippen LogP contribution < -0.4 is 15.2 Å². The quantitative estimate of drug-likeness (QED) is 0.767. The van der Waals surface area contributed by atoms with Crippen LogP contribution in [0.1, 0.15) is 42.9 Å². The number of fused-ring (bicyclic) bond motifs is 4. The van der Waals surface area contributed by atoms with Gasteiger partial charge in [0.25, 0.3) is 11.4 Å². The van der Waals surface area contributed by atoms with E-state index < -0.39 is 5.82 Å². The molecule has 2 atom stereocenters. The van der Waals surface area contributed by atoms with Crippen LogP contribution in [0.4, 0.5) is 10.3 Å². The molecule has 0 radical (unpaired) electrons. The van der Waals surface area contributed by atoms with Gasteiger partial charge in [0, 0.05) is 43.4 Å². The minimum absolute atomic E-state index is 0.0327. The van der Waals surface area contributed by atoms with Gasteiger partial charge in [0.15, 0.2) is 0 Å². The fourth-order valence-electron chi connectivity index (χ4n) is 5.27. The molecule has 160 valence electrons. The molecule has 2 aromatic heterocycles. The molecule has 5 heterocycles. The number of halogens is 1. The van der Waals surface area contributed by atoms with E-state index in [1.165, 1.54) is 26.4 Å². The molecule has 0 N–H and O–H groups in total. The van der Waals surface area contributed by atoms with Crippen molar-refractivity contribution in [2.24, 2.45) is 5.92 Å². The molecule has 5 rings (SSSR count). The van der Waals surface area contributed by atoms with E-state index >= 15 is 0 Å². The molecule has 0 spiro atoms. The van der Waals surface area contributed by atoms with Crippen LogP contribution in [0.2, 0.25) is 0 Å². The second kappa shape index (κ2) is 7.98. The molecule has 2 bridgehead atoms. The summed E-state index contributed by atoms with van der Waals surface area (Å²) in [6, 6.07) is 4.16. The Bertz CT molecular complexity index is 988. The van der Waals surface area contributed by atoms with Crippen molar-refractivity contribution in [3.63, 3.8) is 0 Å². The summed E-state index contributed by atoms with van der Waals surface area (Å²) in [4.78, 5) is 26.1. The topological polar surface area (TPSA) is 63.5 Å². The van der Waals surface area contributed by atoms with Crippen LogP contribution in [0.15, 0.2) is 23.1 Å². The second-order valence-electron chi connectivity index (χ2n) is 8.77. The molecular weight excluding hydrogens is 385 g/mol. The molecule has 3 aliphatic rings. The number of aromatic nitrogens is 3. The molecule has 7 nitrogen and oxygen atoms in total. The van der Waals surface area contributed by atoms with E-state index in [9.17, 15) is 9.18 Å². The Morgan fingerprint density at radius 2 is 2.00 bits per heavy atom. The zero-order valence-corrected chi connectivity index (χ0v) is 17.4. The molecule has 2 fully saturated rings. The lowest BCUT2D eigenvalue weighted by molar-refractivity contribution is 0.218. The molecular formula is C22H28FN5O2. The van der Waals surface area contributed by atoms with E-state index in [0.717, 1.165) is 56.6 Å². The van der Waals surface area contributed by atoms with Crippen molar-refractivity contribution in [3.05, 3.63) is 45.8 Å². The normalized spacial score (nSPS) is 23.9. The van der Waals surface area contributed by atoms with E-state index in [-0.39, 0.29) is 17.4 Å². The predicted octanol–water partition coefficient (Wildman–Crippen LogP) is 2.40. The third kappa shape index (κ3) is 3.57. The molecule has 0 unspecified atom stereocenters. The van der Waals surface area contributed by atoms with Crippen molar-refractivity contribution in [1.29, 1.82) is 0 Å². The van der Waals surface area contributed by atoms with Crippen molar-refractivity contribution in [2.45, 2.75) is 44.7 Å². The molecule has 30 heavy (non-hydrogen) atoms. The first-order chi connectivity index (χ1) is 14.6. The summed E-state index contributed by atoms with van der Waals surface area (Å²) in [5, 5.41) is 0. The first-order valence-corrected chi connectivity index (χ1v) is 10.9. The molecule has 0 aromatic carbocycles. The van der Waals surface area contributed by atoms with Crippen LogP contribution in [0, 0.1) is 11.7 Å². The third-order valence-electron chi connectivity index (χ3n) is 6.70. The lowest BCUT2D eigenvalue weighted by Crippen LogP contribution is -2.48. The highest BCUT2D eigenvalue weighted by molar-refractivity contribution is 5.36. The van der Waals surface area contributed by atoms with Crippen molar-refractivity contribution in [3.8, 4) is 5.88 Å². The van der Waals surface area contributed by atoms with Crippen molar-refractivity contribution < 1.29 is 9.13 Å². The van der Waals surface area contributed by atoms with Crippen LogP contribution in [0.5, 0.6) is 5.88 Å². The minimum atomic E-state index is -0.559. The number of ether oxygens (including phenoxy) is 1. The van der Waals surface area contributed by atoms with E-state index in [4.69, 9.17) is 4.74 Å². The van der Waals surface area contributed by atoms with Crippen LogP contribution in [0.3, 0.4) is 0 Å². The number of likely N-dealkylation sites (tertiary alicyclic amines) is 1. The maximum absolute atomic E-state index is 13.7. The number of piperidine rings is 2. The van der Waals surface area contributed by atoms with Crippen LogP contribution >= 0.6 is 0 Å². The van der Waals surface area contributed by atoms with Crippen LogP contribution in [-0.4, -0.2) is 52.7 Å². The first kappa shape index (κ1) is 19.5. The lowest BCUT2D eigenvalue weighted by atomic mass is 9.83. The Kier molecular flexibility index (Phi) is 5.18. The van der Waals surface area contributed by atoms with Crippen molar-refractivity contribution in [2.75, 3.05) is 38.2 Å². The van der Waals surface area contributed by atoms with Gasteiger partial charge in [0.1, 0.15) is 0 Å². The summed E-state index contributed by atoms with van der Waals surface area (Å²) in [6.45, 7) is 5.12. The van der Waals surface area contributed by atoms with Crippen molar-refractivity contribution in [1.82, 2.24) is 19.4 Å². The minimum Gasteiger partial charge on any atom is -0.479 e. The van der Waals surface area contributed by atoms with Gasteiger partial charge in [0.05, 0.1) is 13.3 Å². The zero-order valence-electron chi connectivity index (χ0n) is 17.4. The van der Waals surface area contributed by atoms with Gasteiger partial charge in [-0.05, 0) is 44.3 Å². The summed E-state index contributed by atoms with van der Waals surface area (Å²) in [6.07, 6.45) is 5.96. The van der Waals surface area contributed by atoms with Gasteiger partial charge in [-0.1, -0.05) is 12.5 Å². The van der Waals surface area contributed by atoms with Gasteiger partial charge >= 0.3 is 0 Å². The smallest absolute Gasteiger partial charge is 0.255 e. The Balaban J connectivity index is 1.39. The number of methoxy groups -OCH3 is 1. The third-order valence-corrected chi connectivity index (χ3v) is 6.70. The summed E-state index contributed by atoms with van der Waals surface area (Å²) in [5.74, 6) is 0.486. The van der Waals surface area contributed by atoms with Crippen molar-refractivity contribution >= 4 is 5.95 Å². The number of hydrogen-bond acceptors (Lipinski definition) is 6. The largest absolute Gasteiger partial charge is 0.479 e. The summed E-state index contributed by atoms with van der Waals surface area (Å²) >= 11 is 0. The van der Waals surface area contributed by atoms with Crippen LogP contribution in [-0.2, 0) is 13.1 Å². The van der Waals surface area contributed by atoms with Gasteiger partial charge in [-0.3, -0.25) is 9.69 Å². The highest BCUT2D eigenvalue weighted by atomic mass is 19.1. The average Bonchev–Trinajstić information content (AvgIpc) is 2.77. The maximum atomic E-state index is 13.7. The number of pyridine rings is 1. The number of anilines is 1. The first-order valence-electron chi connectivity index (χ1n) is 10.9. The molecule has 2 saturated heterocycles. The summed E-state index contributed by atoms with van der Waals surface area (Å²) in [5.41, 5.74) is 2.17. The summed E-state index contributed by atoms with van der Waals surface area (Å²) in [7, 11) is 1.41. The van der Waals surface area contributed by atoms with Gasteiger partial charge < -0.3 is 14.2 Å². The van der Waals surface area contributed by atoms with E-state index in [1.54, 1.807) is 0 Å². The fraction of sp³-hybridized carbons (Fsp3) is 0.591. The van der Waals surface area contributed by atoms with E-state index in [1.807, 2.05) is 10.6 Å². The fourth-order valence-corrected chi connectivity index (χ4v) is 5.27. The number of nitrogens with zero attached hydrogens (tertiary/aromatic N) is 5. The molecule has 3 aliphatic heterocycles. The lowest BCUT2D eigenvalue weighted by Gasteiger charge is -2.43. The van der Waals surface area contributed by atoms with Gasteiger partial charge in [-0.25, -0.2) is 4.98 Å². The predicted molar refractivity (Wildman–Crippen MR) is 111 cm³/mol. The number of rotatable bonds is 4. The summed E-state index contributed by atoms with van der Waals surface area (Å²) < 4.78 is 20.7. The maximum Gasteiger partial charge on any atom is 0.255 e. The Morgan fingerprint density at radius 3 is 2.80 bits per heavy atom. The Hall–Kier alpha value is -2.48. The van der Waals surface area contributed by atoms with Gasteiger partial charge in [-0.2, -0.15) is 9.37 Å². The molecule has 0 aliphatic carbocycles. The molecule has 8 heteroatoms. The molecule has 2 aromatic rings. The zero-order chi connectivity index (χ0) is 20.7. The highest BCUT2D eigenvalue weighted by Crippen LogP contribution is 2.36. The van der Waals surface area contributed by atoms with E-state index in [2.05, 4.69) is 25.8 Å². The Labute approximate surface area is 175 Å². The monoisotopic (exact) mass is 413 g/mol. The van der Waals surface area contributed by atoms with E-state index in [0.29, 0.717) is 18.4 Å². The number of hydrogen-bond donors (Lipinski definition) is 0. The van der Waals surface area contributed by atoms with Gasteiger partial charge in [-0.15, -0.1) is 0 Å². The molecule has 0 amide bonds. The standard InChI is InChI=1S/C22H28FN5O2/c1-30-20-18(23)10-24-22(25-20)27-11-15-9-17(14-27)19-6-5-16(21(29)28(19)12-15)13-26-7-3-2-4-8-26/h5-6,10,15,17H,2-4,7-9,11-14H2,1H3/t15-,17+/m0/s1. The molecule has 0 saturated carbocycles. The SMILES string of the molecule is COc1nc(N2C[C@@H]3C[C@H](C2)c2ccc(CN4CCCCC4)c(=O)n2C3)ncc1F. The van der Waals surface area contributed by atoms with Crippen LogP contribution in [0.25, 0.3) is 0 Å². The highest BCUT2D eigenvalue weighted by Gasteiger charge is 2.36. The van der Waals surface area contributed by atoms with Gasteiger partial charge in [0.2, 0.25) is 11.8 Å². The average molecular weight is 413 g/mol.